The largest absolute Gasteiger partial charge is 0.366 e. The van der Waals surface area contributed by atoms with E-state index in [0.29, 0.717) is 6.04 Å². The number of nitrogens with zero attached hydrogens (tertiary/aromatic N) is 2. The van der Waals surface area contributed by atoms with E-state index in [2.05, 4.69) is 52.6 Å². The van der Waals surface area contributed by atoms with Crippen molar-refractivity contribution in [3.8, 4) is 0 Å². The third-order valence-corrected chi connectivity index (χ3v) is 4.92. The van der Waals surface area contributed by atoms with Crippen LogP contribution in [0.15, 0.2) is 29.8 Å². The van der Waals surface area contributed by atoms with Crippen molar-refractivity contribution in [1.82, 2.24) is 10.3 Å². The first-order valence-electron chi connectivity index (χ1n) is 7.27. The van der Waals surface area contributed by atoms with E-state index in [9.17, 15) is 0 Å². The van der Waals surface area contributed by atoms with Crippen LogP contribution in [0.2, 0.25) is 0 Å². The van der Waals surface area contributed by atoms with E-state index in [0.717, 1.165) is 31.7 Å². The van der Waals surface area contributed by atoms with Gasteiger partial charge in [0.15, 0.2) is 0 Å². The first-order chi connectivity index (χ1) is 9.78. The average molecular weight is 287 g/mol. The van der Waals surface area contributed by atoms with Crippen molar-refractivity contribution in [3.63, 3.8) is 0 Å². The maximum absolute atomic E-state index is 4.61. The molecule has 0 aliphatic carbocycles. The van der Waals surface area contributed by atoms with Gasteiger partial charge in [0.05, 0.1) is 17.6 Å². The van der Waals surface area contributed by atoms with Crippen LogP contribution in [0.1, 0.15) is 36.0 Å². The summed E-state index contributed by atoms with van der Waals surface area (Å²) in [4.78, 5) is 8.58. The molecule has 4 heteroatoms. The van der Waals surface area contributed by atoms with Gasteiger partial charge in [-0.25, -0.2) is 0 Å². The number of anilines is 1. The second kappa shape index (κ2) is 5.94. The number of aromatic nitrogens is 1. The lowest BCUT2D eigenvalue weighted by atomic mass is 10.1. The Morgan fingerprint density at radius 3 is 3.05 bits per heavy atom. The van der Waals surface area contributed by atoms with Gasteiger partial charge in [0.1, 0.15) is 0 Å². The molecule has 1 atom stereocenters. The average Bonchev–Trinajstić information content (AvgIpc) is 2.95. The van der Waals surface area contributed by atoms with Crippen LogP contribution in [0, 0.1) is 0 Å². The molecule has 0 aromatic carbocycles. The Labute approximate surface area is 124 Å². The summed E-state index contributed by atoms with van der Waals surface area (Å²) in [5.41, 5.74) is 3.82. The van der Waals surface area contributed by atoms with E-state index in [1.807, 2.05) is 17.5 Å². The van der Waals surface area contributed by atoms with Crippen LogP contribution in [0.4, 0.5) is 5.69 Å². The van der Waals surface area contributed by atoms with Crippen LogP contribution >= 0.6 is 11.3 Å². The van der Waals surface area contributed by atoms with Crippen LogP contribution < -0.4 is 10.2 Å². The highest BCUT2D eigenvalue weighted by Gasteiger charge is 2.17. The SMILES string of the molecule is CCNC(C)c1ccc(N2CCc3sccc3C2)cn1. The Morgan fingerprint density at radius 1 is 1.40 bits per heavy atom. The zero-order valence-electron chi connectivity index (χ0n) is 12.1. The molecule has 20 heavy (non-hydrogen) atoms. The predicted molar refractivity (Wildman–Crippen MR) is 85.4 cm³/mol. The fourth-order valence-corrected chi connectivity index (χ4v) is 3.61. The molecule has 1 aliphatic heterocycles. The fourth-order valence-electron chi connectivity index (χ4n) is 2.72. The number of rotatable bonds is 4. The molecule has 2 aromatic heterocycles. The minimum Gasteiger partial charge on any atom is -0.366 e. The van der Waals surface area contributed by atoms with E-state index in [-0.39, 0.29) is 0 Å². The van der Waals surface area contributed by atoms with Gasteiger partial charge in [0.2, 0.25) is 0 Å². The molecule has 106 valence electrons. The molecule has 0 spiro atoms. The summed E-state index contributed by atoms with van der Waals surface area (Å²) >= 11 is 1.88. The molecule has 2 aromatic rings. The minimum atomic E-state index is 0.318. The van der Waals surface area contributed by atoms with E-state index >= 15 is 0 Å². The van der Waals surface area contributed by atoms with Gasteiger partial charge in [-0.2, -0.15) is 0 Å². The topological polar surface area (TPSA) is 28.2 Å². The van der Waals surface area contributed by atoms with E-state index in [1.165, 1.54) is 11.3 Å². The van der Waals surface area contributed by atoms with Gasteiger partial charge in [-0.1, -0.05) is 6.92 Å². The third kappa shape index (κ3) is 2.72. The summed E-state index contributed by atoms with van der Waals surface area (Å²) in [6.45, 7) is 7.36. The normalized spacial score (nSPS) is 16.0. The highest BCUT2D eigenvalue weighted by Crippen LogP contribution is 2.27. The second-order valence-electron chi connectivity index (χ2n) is 5.26. The number of fused-ring (bicyclic) bond motifs is 1. The molecule has 3 nitrogen and oxygen atoms in total. The van der Waals surface area contributed by atoms with Crippen LogP contribution in [-0.2, 0) is 13.0 Å². The number of pyridine rings is 1. The van der Waals surface area contributed by atoms with Crippen LogP contribution in [-0.4, -0.2) is 18.1 Å². The van der Waals surface area contributed by atoms with Gasteiger partial charge in [0, 0.05) is 24.0 Å². The molecular weight excluding hydrogens is 266 g/mol. The Bertz CT molecular complexity index is 561. The smallest absolute Gasteiger partial charge is 0.0572 e. The molecule has 3 rings (SSSR count). The van der Waals surface area contributed by atoms with Crippen molar-refractivity contribution in [2.24, 2.45) is 0 Å². The number of hydrogen-bond donors (Lipinski definition) is 1. The Morgan fingerprint density at radius 2 is 2.30 bits per heavy atom. The van der Waals surface area contributed by atoms with E-state index in [4.69, 9.17) is 0 Å². The Kier molecular flexibility index (Phi) is 4.03. The number of hydrogen-bond acceptors (Lipinski definition) is 4. The van der Waals surface area contributed by atoms with Crippen LogP contribution in [0.25, 0.3) is 0 Å². The lowest BCUT2D eigenvalue weighted by Gasteiger charge is -2.29. The molecule has 3 heterocycles. The minimum absolute atomic E-state index is 0.318. The van der Waals surface area contributed by atoms with Crippen molar-refractivity contribution in [2.75, 3.05) is 18.0 Å². The van der Waals surface area contributed by atoms with Crippen LogP contribution in [0.5, 0.6) is 0 Å². The summed E-state index contributed by atoms with van der Waals surface area (Å²) in [5, 5.41) is 5.60. The summed E-state index contributed by atoms with van der Waals surface area (Å²) < 4.78 is 0. The van der Waals surface area contributed by atoms with Crippen molar-refractivity contribution in [2.45, 2.75) is 32.9 Å². The van der Waals surface area contributed by atoms with Gasteiger partial charge in [-0.15, -0.1) is 11.3 Å². The monoisotopic (exact) mass is 287 g/mol. The number of nitrogens with one attached hydrogen (secondary N) is 1. The predicted octanol–water partition coefficient (Wildman–Crippen LogP) is 3.38. The Hall–Kier alpha value is -1.39. The molecular formula is C16H21N3S. The van der Waals surface area contributed by atoms with Gasteiger partial charge in [0.25, 0.3) is 0 Å². The molecule has 0 saturated carbocycles. The summed E-state index contributed by atoms with van der Waals surface area (Å²) in [5.74, 6) is 0. The van der Waals surface area contributed by atoms with E-state index in [1.54, 1.807) is 4.88 Å². The molecule has 0 fully saturated rings. The summed E-state index contributed by atoms with van der Waals surface area (Å²) in [6.07, 6.45) is 3.17. The molecule has 1 aliphatic rings. The zero-order chi connectivity index (χ0) is 13.9. The van der Waals surface area contributed by atoms with Crippen LogP contribution in [0.3, 0.4) is 0 Å². The van der Waals surface area contributed by atoms with Crippen molar-refractivity contribution < 1.29 is 0 Å². The molecule has 1 unspecified atom stereocenters. The van der Waals surface area contributed by atoms with Crippen molar-refractivity contribution in [3.05, 3.63) is 45.9 Å². The highest BCUT2D eigenvalue weighted by atomic mass is 32.1. The maximum atomic E-state index is 4.61. The first-order valence-corrected chi connectivity index (χ1v) is 8.15. The lowest BCUT2D eigenvalue weighted by molar-refractivity contribution is 0.583. The lowest BCUT2D eigenvalue weighted by Crippen LogP contribution is -2.29. The maximum Gasteiger partial charge on any atom is 0.0572 e. The Balaban J connectivity index is 1.72. The van der Waals surface area contributed by atoms with E-state index < -0.39 is 0 Å². The van der Waals surface area contributed by atoms with Crippen molar-refractivity contribution in [1.29, 1.82) is 0 Å². The molecule has 0 amide bonds. The zero-order valence-corrected chi connectivity index (χ0v) is 12.9. The van der Waals surface area contributed by atoms with Gasteiger partial charge < -0.3 is 10.2 Å². The van der Waals surface area contributed by atoms with Gasteiger partial charge >= 0.3 is 0 Å². The number of thiophene rings is 1. The third-order valence-electron chi connectivity index (χ3n) is 3.90. The van der Waals surface area contributed by atoms with Gasteiger partial charge in [-0.3, -0.25) is 4.98 Å². The molecule has 0 bridgehead atoms. The summed E-state index contributed by atoms with van der Waals surface area (Å²) in [7, 11) is 0. The fraction of sp³-hybridized carbons (Fsp3) is 0.438. The highest BCUT2D eigenvalue weighted by molar-refractivity contribution is 7.10. The molecule has 0 saturated heterocycles. The second-order valence-corrected chi connectivity index (χ2v) is 6.26. The van der Waals surface area contributed by atoms with Gasteiger partial charge in [-0.05, 0) is 49.0 Å². The first kappa shape index (κ1) is 13.6. The summed E-state index contributed by atoms with van der Waals surface area (Å²) in [6, 6.07) is 6.92. The van der Waals surface area contributed by atoms with Crippen molar-refractivity contribution >= 4 is 17.0 Å². The quantitative estimate of drug-likeness (QED) is 0.934. The molecule has 0 radical (unpaired) electrons. The standard InChI is InChI=1S/C16H21N3S/c1-3-17-12(2)15-5-4-14(10-18-15)19-8-6-16-13(11-19)7-9-20-16/h4-5,7,9-10,12,17H,3,6,8,11H2,1-2H3. The molecule has 1 N–H and O–H groups in total.